The number of carbonyl (C=O) groups is 1. The first kappa shape index (κ1) is 20.2. The van der Waals surface area contributed by atoms with Crippen molar-refractivity contribution in [2.75, 3.05) is 53.6 Å². The van der Waals surface area contributed by atoms with Crippen molar-refractivity contribution >= 4 is 5.91 Å². The van der Waals surface area contributed by atoms with E-state index in [9.17, 15) is 4.79 Å². The number of nitrogens with one attached hydrogen (secondary N) is 1. The molecule has 2 heterocycles. The highest BCUT2D eigenvalue weighted by molar-refractivity contribution is 5.78. The largest absolute Gasteiger partial charge is 0.493 e. The maximum Gasteiger partial charge on any atom is 0.226 e. The molecule has 1 aromatic heterocycles. The summed E-state index contributed by atoms with van der Waals surface area (Å²) in [6, 6.07) is 7.25. The summed E-state index contributed by atoms with van der Waals surface area (Å²) in [6.07, 6.45) is 1.11. The predicted octanol–water partition coefficient (Wildman–Crippen LogP) is 1.74. The second-order valence-electron chi connectivity index (χ2n) is 6.59. The molecule has 1 fully saturated rings. The molecule has 3 rings (SSSR count). The van der Waals surface area contributed by atoms with Gasteiger partial charge in [0.1, 0.15) is 0 Å². The number of rotatable bonds is 9. The van der Waals surface area contributed by atoms with Gasteiger partial charge in [0.15, 0.2) is 17.3 Å². The van der Waals surface area contributed by atoms with Crippen LogP contribution in [0, 0.1) is 0 Å². The van der Waals surface area contributed by atoms with Gasteiger partial charge < -0.3 is 24.1 Å². The number of hydrogen-bond acceptors (Lipinski definition) is 7. The Balaban J connectivity index is 1.46. The summed E-state index contributed by atoms with van der Waals surface area (Å²) < 4.78 is 21.3. The van der Waals surface area contributed by atoms with E-state index < -0.39 is 0 Å². The van der Waals surface area contributed by atoms with E-state index >= 15 is 0 Å². The molecule has 8 nitrogen and oxygen atoms in total. The molecule has 0 saturated carbocycles. The molecular weight excluding hydrogens is 362 g/mol. The van der Waals surface area contributed by atoms with Gasteiger partial charge in [-0.15, -0.1) is 0 Å². The maximum absolute atomic E-state index is 12.1. The van der Waals surface area contributed by atoms with Gasteiger partial charge in [0.25, 0.3) is 0 Å². The molecule has 1 saturated heterocycles. The molecule has 0 unspecified atom stereocenters. The number of benzene rings is 1. The van der Waals surface area contributed by atoms with Crippen LogP contribution >= 0.6 is 0 Å². The fraction of sp³-hybridized carbons (Fsp3) is 0.500. The lowest BCUT2D eigenvalue weighted by Gasteiger charge is -2.26. The Morgan fingerprint density at radius 3 is 2.71 bits per heavy atom. The highest BCUT2D eigenvalue weighted by Crippen LogP contribution is 2.32. The van der Waals surface area contributed by atoms with Crippen molar-refractivity contribution in [1.29, 1.82) is 0 Å². The van der Waals surface area contributed by atoms with E-state index in [1.54, 1.807) is 26.4 Å². The minimum atomic E-state index is -0.0610. The standard InChI is InChI=1S/C20H27N3O5/c1-25-17-5-4-15(12-19(17)26-2)18-13-16(22-28-18)14-20(24)21-6-3-7-23-8-10-27-11-9-23/h4-5,12-13H,3,6-11,14H2,1-2H3,(H,21,24). The van der Waals surface area contributed by atoms with Crippen LogP contribution in [0.15, 0.2) is 28.8 Å². The lowest BCUT2D eigenvalue weighted by atomic mass is 10.1. The Morgan fingerprint density at radius 1 is 1.18 bits per heavy atom. The molecule has 1 aliphatic heterocycles. The van der Waals surface area contributed by atoms with Gasteiger partial charge in [0.2, 0.25) is 5.91 Å². The van der Waals surface area contributed by atoms with Crippen molar-refractivity contribution in [2.24, 2.45) is 0 Å². The monoisotopic (exact) mass is 389 g/mol. The Hall–Kier alpha value is -2.58. The van der Waals surface area contributed by atoms with Gasteiger partial charge >= 0.3 is 0 Å². The molecule has 2 aromatic rings. The molecule has 0 bridgehead atoms. The van der Waals surface area contributed by atoms with Crippen molar-refractivity contribution in [3.63, 3.8) is 0 Å². The minimum Gasteiger partial charge on any atom is -0.493 e. The zero-order valence-electron chi connectivity index (χ0n) is 16.4. The molecule has 28 heavy (non-hydrogen) atoms. The molecule has 0 aliphatic carbocycles. The van der Waals surface area contributed by atoms with Crippen molar-refractivity contribution in [1.82, 2.24) is 15.4 Å². The highest BCUT2D eigenvalue weighted by Gasteiger charge is 2.13. The number of aromatic nitrogens is 1. The van der Waals surface area contributed by atoms with Gasteiger partial charge in [0, 0.05) is 31.3 Å². The van der Waals surface area contributed by atoms with Crippen molar-refractivity contribution in [2.45, 2.75) is 12.8 Å². The molecular formula is C20H27N3O5. The lowest BCUT2D eigenvalue weighted by molar-refractivity contribution is -0.120. The van der Waals surface area contributed by atoms with Gasteiger partial charge in [-0.25, -0.2) is 0 Å². The number of amides is 1. The van der Waals surface area contributed by atoms with Gasteiger partial charge in [-0.1, -0.05) is 5.16 Å². The van der Waals surface area contributed by atoms with Crippen LogP contribution in [0.2, 0.25) is 0 Å². The number of methoxy groups -OCH3 is 2. The van der Waals surface area contributed by atoms with Gasteiger partial charge in [0.05, 0.1) is 39.5 Å². The molecule has 1 N–H and O–H groups in total. The second kappa shape index (κ2) is 10.1. The van der Waals surface area contributed by atoms with Gasteiger partial charge in [-0.3, -0.25) is 9.69 Å². The molecule has 1 aliphatic rings. The third-order valence-corrected chi connectivity index (χ3v) is 4.65. The molecule has 8 heteroatoms. The van der Waals surface area contributed by atoms with E-state index in [-0.39, 0.29) is 12.3 Å². The van der Waals surface area contributed by atoms with Crippen molar-refractivity contribution < 1.29 is 23.5 Å². The Kier molecular flexibility index (Phi) is 7.27. The summed E-state index contributed by atoms with van der Waals surface area (Å²) in [5.74, 6) is 1.77. The summed E-state index contributed by atoms with van der Waals surface area (Å²) in [7, 11) is 3.17. The van der Waals surface area contributed by atoms with Crippen LogP contribution in [0.5, 0.6) is 11.5 Å². The molecule has 0 radical (unpaired) electrons. The number of morpholine rings is 1. The molecule has 1 aromatic carbocycles. The van der Waals surface area contributed by atoms with Crippen LogP contribution in [-0.4, -0.2) is 69.6 Å². The predicted molar refractivity (Wildman–Crippen MR) is 104 cm³/mol. The first-order valence-corrected chi connectivity index (χ1v) is 9.44. The van der Waals surface area contributed by atoms with E-state index in [4.69, 9.17) is 18.7 Å². The Morgan fingerprint density at radius 2 is 1.96 bits per heavy atom. The summed E-state index contributed by atoms with van der Waals surface area (Å²) in [5.41, 5.74) is 1.40. The molecule has 152 valence electrons. The van der Waals surface area contributed by atoms with E-state index in [0.29, 0.717) is 29.5 Å². The highest BCUT2D eigenvalue weighted by atomic mass is 16.5. The third kappa shape index (κ3) is 5.46. The normalized spacial score (nSPS) is 14.6. The van der Waals surface area contributed by atoms with Gasteiger partial charge in [-0.2, -0.15) is 0 Å². The summed E-state index contributed by atoms with van der Waals surface area (Å²) in [4.78, 5) is 14.5. The van der Waals surface area contributed by atoms with Crippen LogP contribution in [0.1, 0.15) is 12.1 Å². The average molecular weight is 389 g/mol. The Bertz CT molecular complexity index is 771. The van der Waals surface area contributed by atoms with Crippen LogP contribution in [-0.2, 0) is 16.0 Å². The average Bonchev–Trinajstić information content (AvgIpc) is 3.19. The molecule has 1 amide bonds. The lowest BCUT2D eigenvalue weighted by Crippen LogP contribution is -2.38. The third-order valence-electron chi connectivity index (χ3n) is 4.65. The van der Waals surface area contributed by atoms with E-state index in [2.05, 4.69) is 15.4 Å². The zero-order chi connectivity index (χ0) is 19.8. The number of carbonyl (C=O) groups excluding carboxylic acids is 1. The van der Waals surface area contributed by atoms with Crippen LogP contribution in [0.4, 0.5) is 0 Å². The fourth-order valence-corrected chi connectivity index (χ4v) is 3.10. The first-order valence-electron chi connectivity index (χ1n) is 9.44. The summed E-state index contributed by atoms with van der Waals surface area (Å²) in [6.45, 7) is 5.13. The van der Waals surface area contributed by atoms with Crippen molar-refractivity contribution in [3.05, 3.63) is 30.0 Å². The molecule has 0 atom stereocenters. The topological polar surface area (TPSA) is 86.1 Å². The van der Waals surface area contributed by atoms with Crippen LogP contribution in [0.25, 0.3) is 11.3 Å². The van der Waals surface area contributed by atoms with Gasteiger partial charge in [-0.05, 0) is 31.2 Å². The van der Waals surface area contributed by atoms with Crippen LogP contribution < -0.4 is 14.8 Å². The van der Waals surface area contributed by atoms with Crippen molar-refractivity contribution in [3.8, 4) is 22.8 Å². The minimum absolute atomic E-state index is 0.0610. The quantitative estimate of drug-likeness (QED) is 0.654. The SMILES string of the molecule is COc1ccc(-c2cc(CC(=O)NCCCN3CCOCC3)no2)cc1OC. The number of nitrogens with zero attached hydrogens (tertiary/aromatic N) is 2. The maximum atomic E-state index is 12.1. The molecule has 0 spiro atoms. The smallest absolute Gasteiger partial charge is 0.226 e. The first-order chi connectivity index (χ1) is 13.7. The van der Waals surface area contributed by atoms with E-state index in [1.165, 1.54) is 0 Å². The summed E-state index contributed by atoms with van der Waals surface area (Å²) in [5, 5.41) is 6.94. The number of ether oxygens (including phenoxy) is 3. The second-order valence-corrected chi connectivity index (χ2v) is 6.59. The Labute approximate surface area is 164 Å². The number of hydrogen-bond donors (Lipinski definition) is 1. The van der Waals surface area contributed by atoms with Crippen LogP contribution in [0.3, 0.4) is 0 Å². The fourth-order valence-electron chi connectivity index (χ4n) is 3.10. The van der Waals surface area contributed by atoms with E-state index in [0.717, 1.165) is 44.8 Å². The summed E-state index contributed by atoms with van der Waals surface area (Å²) >= 11 is 0. The van der Waals surface area contributed by atoms with E-state index in [1.807, 2.05) is 12.1 Å². The zero-order valence-corrected chi connectivity index (χ0v) is 16.4.